The number of amides is 2. The minimum Gasteiger partial charge on any atom is -0.462 e. The number of hydrogen-bond donors (Lipinski definition) is 2. The van der Waals surface area contributed by atoms with Crippen molar-refractivity contribution >= 4 is 29.9 Å². The molecule has 0 saturated heterocycles. The molecule has 0 unspecified atom stereocenters. The van der Waals surface area contributed by atoms with E-state index in [1.807, 2.05) is 20.8 Å². The largest absolute Gasteiger partial charge is 0.462 e. The summed E-state index contributed by atoms with van der Waals surface area (Å²) < 4.78 is 12.4. The number of esters is 1. The van der Waals surface area contributed by atoms with Crippen LogP contribution in [0.3, 0.4) is 0 Å². The highest BCUT2D eigenvalue weighted by molar-refractivity contribution is 6.03. The third kappa shape index (κ3) is 8.15. The Bertz CT molecular complexity index is 2090. The van der Waals surface area contributed by atoms with E-state index < -0.39 is 22.8 Å². The van der Waals surface area contributed by atoms with Gasteiger partial charge in [-0.15, -0.1) is 0 Å². The smallest absolute Gasteiger partial charge is 0.408 e. The highest BCUT2D eigenvalue weighted by Crippen LogP contribution is 2.76. The molecule has 65 heavy (non-hydrogen) atoms. The van der Waals surface area contributed by atoms with Crippen LogP contribution in [0.15, 0.2) is 41.5 Å². The van der Waals surface area contributed by atoms with Crippen LogP contribution in [-0.4, -0.2) is 52.7 Å². The van der Waals surface area contributed by atoms with E-state index in [-0.39, 0.29) is 74.7 Å². The van der Waals surface area contributed by atoms with E-state index >= 15 is 0 Å². The molecule has 0 radical (unpaired) electrons. The predicted molar refractivity (Wildman–Crippen MR) is 249 cm³/mol. The molecule has 0 bridgehead atoms. The van der Waals surface area contributed by atoms with Crippen LogP contribution in [0, 0.1) is 62.6 Å². The van der Waals surface area contributed by atoms with Crippen molar-refractivity contribution in [2.75, 3.05) is 0 Å². The summed E-state index contributed by atoms with van der Waals surface area (Å²) in [5.74, 6) is 1.59. The van der Waals surface area contributed by atoms with Crippen molar-refractivity contribution in [3.63, 3.8) is 0 Å². The highest BCUT2D eigenvalue weighted by atomic mass is 16.6. The lowest BCUT2D eigenvalue weighted by Gasteiger charge is -2.72. The molecule has 0 spiro atoms. The Morgan fingerprint density at radius 2 is 1.43 bits per heavy atom. The summed E-state index contributed by atoms with van der Waals surface area (Å²) in [7, 11) is 0. The molecule has 0 heterocycles. The average molecular weight is 897 g/mol. The summed E-state index contributed by atoms with van der Waals surface area (Å²) in [6.45, 7) is 26.8. The minimum absolute atomic E-state index is 0.00672. The molecule has 10 heteroatoms. The summed E-state index contributed by atoms with van der Waals surface area (Å²) in [5, 5.41) is 6.62. The first-order chi connectivity index (χ1) is 30.2. The fraction of sp³-hybridized carbons (Fsp3) is 0.764. The van der Waals surface area contributed by atoms with Crippen molar-refractivity contribution in [3.05, 3.63) is 47.0 Å². The van der Waals surface area contributed by atoms with Gasteiger partial charge in [0, 0.05) is 11.8 Å². The number of rotatable bonds is 8. The molecule has 10 atom stereocenters. The van der Waals surface area contributed by atoms with E-state index in [9.17, 15) is 19.2 Å². The zero-order valence-corrected chi connectivity index (χ0v) is 41.8. The van der Waals surface area contributed by atoms with Gasteiger partial charge in [-0.1, -0.05) is 105 Å². The number of Topliss-reactive ketones (excluding diaryl/α,β-unsaturated/α-hetero) is 1. The Morgan fingerprint density at radius 3 is 2.03 bits per heavy atom. The first-order valence-electron chi connectivity index (χ1n) is 25.1. The van der Waals surface area contributed by atoms with Gasteiger partial charge >= 0.3 is 18.2 Å². The van der Waals surface area contributed by atoms with E-state index in [1.54, 1.807) is 0 Å². The van der Waals surface area contributed by atoms with Crippen LogP contribution in [0.5, 0.6) is 0 Å². The number of ketones is 1. The van der Waals surface area contributed by atoms with Gasteiger partial charge in [-0.05, 0) is 166 Å². The quantitative estimate of drug-likeness (QED) is 0.245. The number of carbonyl (C=O) groups excluding carboxylic acids is 6. The van der Waals surface area contributed by atoms with Crippen molar-refractivity contribution in [2.24, 2.45) is 62.6 Å². The van der Waals surface area contributed by atoms with Crippen LogP contribution in [0.2, 0.25) is 0 Å². The van der Waals surface area contributed by atoms with Crippen LogP contribution < -0.4 is 10.6 Å². The Hall–Kier alpha value is -3.78. The minimum atomic E-state index is -1.05. The molecular formula is C55H80N2O8. The predicted octanol–water partition coefficient (Wildman–Crippen LogP) is 10.9. The maximum Gasteiger partial charge on any atom is 0.408 e. The molecule has 2 amide bonds. The van der Waals surface area contributed by atoms with E-state index in [1.165, 1.54) is 11.1 Å². The summed E-state index contributed by atoms with van der Waals surface area (Å²) >= 11 is 0. The number of nitrogens with one attached hydrogen (secondary N) is 2. The fourth-order valence-corrected chi connectivity index (χ4v) is 16.0. The van der Waals surface area contributed by atoms with Crippen LogP contribution >= 0.6 is 0 Å². The number of benzene rings is 1. The molecule has 2 N–H and O–H groups in total. The number of allylic oxidation sites excluding steroid dienone is 1. The Morgan fingerprint density at radius 1 is 0.785 bits per heavy atom. The van der Waals surface area contributed by atoms with Crippen molar-refractivity contribution in [2.45, 2.75) is 202 Å². The van der Waals surface area contributed by atoms with Crippen molar-refractivity contribution < 1.29 is 38.2 Å². The molecule has 7 aliphatic carbocycles. The van der Waals surface area contributed by atoms with Gasteiger partial charge in [0.2, 0.25) is 5.91 Å². The fourth-order valence-electron chi connectivity index (χ4n) is 16.0. The van der Waals surface area contributed by atoms with Crippen molar-refractivity contribution in [3.8, 4) is 0 Å². The topological polar surface area (TPSA) is 145 Å². The normalized spacial score (nSPS) is 37.4. The van der Waals surface area contributed by atoms with Gasteiger partial charge in [-0.25, -0.2) is 4.79 Å². The van der Waals surface area contributed by atoms with Gasteiger partial charge in [0.15, 0.2) is 5.78 Å². The Balaban J connectivity index is 0.00000204. The van der Waals surface area contributed by atoms with Crippen LogP contribution in [-0.2, 0) is 39.9 Å². The summed E-state index contributed by atoms with van der Waals surface area (Å²) in [6, 6.07) is 10.7. The Labute approximate surface area is 389 Å². The Kier molecular flexibility index (Phi) is 12.9. The van der Waals surface area contributed by atoms with Crippen LogP contribution in [0.4, 0.5) is 4.79 Å². The van der Waals surface area contributed by atoms with Gasteiger partial charge in [0.25, 0.3) is 0 Å². The van der Waals surface area contributed by atoms with E-state index in [2.05, 4.69) is 103 Å². The zero-order valence-electron chi connectivity index (χ0n) is 41.8. The van der Waals surface area contributed by atoms with Gasteiger partial charge in [-0.2, -0.15) is 9.59 Å². The summed E-state index contributed by atoms with van der Waals surface area (Å²) in [6.07, 6.45) is 12.5. The standard InChI is InChI=1S/C54H80N2O6.CO2/c1-33(2)42-38(57)32-54(55-45(59)53(24-16-17-25-53)56-46(60)62-47(3,4)5)29-28-51(11)36(43(42)54)20-21-40-50(10)26-23-41(49(8,9)39(50)22-27-52(40,51)12)61-44(58)37-31-35(48(37,6)7)30-34-18-14-13-15-19-34;2-1-3/h13-15,18-19,33,35-37,39-41H,16-17,20-32H2,1-12H3,(H,55,59)(H,56,60);/t35-,36-,37-,39+,40-,41+,50+,51-,52-,54-;/m1./s1. The number of ether oxygens (including phenoxy) is 2. The molecular weight excluding hydrogens is 817 g/mol. The lowest BCUT2D eigenvalue weighted by Crippen LogP contribution is -2.68. The molecule has 6 saturated carbocycles. The molecule has 0 aromatic heterocycles. The number of carbonyl (C=O) groups is 4. The van der Waals surface area contributed by atoms with E-state index in [4.69, 9.17) is 19.1 Å². The number of alkyl carbamates (subject to hydrolysis) is 1. The van der Waals surface area contributed by atoms with Crippen LogP contribution in [0.25, 0.3) is 0 Å². The molecule has 1 aromatic carbocycles. The molecule has 1 aromatic rings. The average Bonchev–Trinajstić information content (AvgIpc) is 3.80. The number of fused-ring (bicyclic) bond motifs is 7. The molecule has 358 valence electrons. The second-order valence-corrected chi connectivity index (χ2v) is 25.0. The summed E-state index contributed by atoms with van der Waals surface area (Å²) in [4.78, 5) is 72.6. The third-order valence-electron chi connectivity index (χ3n) is 19.7. The maximum absolute atomic E-state index is 14.8. The van der Waals surface area contributed by atoms with E-state index in [0.29, 0.717) is 37.0 Å². The van der Waals surface area contributed by atoms with E-state index in [0.717, 1.165) is 82.6 Å². The molecule has 6 fully saturated rings. The molecule has 8 rings (SSSR count). The lowest BCUT2D eigenvalue weighted by molar-refractivity contribution is -0.235. The highest BCUT2D eigenvalue weighted by Gasteiger charge is 2.71. The maximum atomic E-state index is 14.8. The SMILES string of the molecule is CC(C)C1=C2[C@H]3CC[C@@H]4[C@@]5(C)CC[C@H](OC(=O)[C@H]6C[C@@H](Cc7ccccc7)C6(C)C)C(C)(C)[C@@H]5CC[C@@]4(C)[C@]3(C)CC[C@@]2(NC(=O)C2(NC(=O)OC(C)(C)C)CCCC2)CC1=O.O=C=O. The first kappa shape index (κ1) is 49.1. The summed E-state index contributed by atoms with van der Waals surface area (Å²) in [5.41, 5.74) is 0.833. The second-order valence-electron chi connectivity index (χ2n) is 25.0. The van der Waals surface area contributed by atoms with Gasteiger partial charge < -0.3 is 20.1 Å². The van der Waals surface area contributed by atoms with Gasteiger partial charge in [0.1, 0.15) is 17.2 Å². The van der Waals surface area contributed by atoms with Crippen LogP contribution in [0.1, 0.15) is 179 Å². The van der Waals surface area contributed by atoms with Crippen molar-refractivity contribution in [1.82, 2.24) is 10.6 Å². The molecule has 10 nitrogen and oxygen atoms in total. The third-order valence-corrected chi connectivity index (χ3v) is 19.7. The van der Waals surface area contributed by atoms with Gasteiger partial charge in [-0.3, -0.25) is 14.4 Å². The first-order valence-corrected chi connectivity index (χ1v) is 25.1. The number of hydrogen-bond acceptors (Lipinski definition) is 8. The monoisotopic (exact) mass is 897 g/mol. The van der Waals surface area contributed by atoms with Crippen molar-refractivity contribution in [1.29, 1.82) is 0 Å². The lowest BCUT2D eigenvalue weighted by atomic mass is 9.33. The molecule has 7 aliphatic rings. The zero-order chi connectivity index (χ0) is 47.8. The molecule has 0 aliphatic heterocycles. The second kappa shape index (κ2) is 17.1. The van der Waals surface area contributed by atoms with Gasteiger partial charge in [0.05, 0.1) is 11.5 Å².